The van der Waals surface area contributed by atoms with E-state index < -0.39 is 12.1 Å². The molecule has 0 aliphatic heterocycles. The second kappa shape index (κ2) is 11.2. The molecule has 1 rings (SSSR count). The topological polar surface area (TPSA) is 78.9 Å². The van der Waals surface area contributed by atoms with Crippen molar-refractivity contribution in [3.63, 3.8) is 0 Å². The fourth-order valence-electron chi connectivity index (χ4n) is 1.83. The molecule has 1 aromatic carbocycles. The molecule has 0 heterocycles. The smallest absolute Gasteiger partial charge is 0.338 e. The summed E-state index contributed by atoms with van der Waals surface area (Å²) in [6, 6.07) is 8.45. The van der Waals surface area contributed by atoms with Gasteiger partial charge in [-0.3, -0.25) is 9.59 Å². The van der Waals surface area contributed by atoms with Gasteiger partial charge in [-0.15, -0.1) is 0 Å². The zero-order chi connectivity index (χ0) is 17.8. The predicted octanol–water partition coefficient (Wildman–Crippen LogP) is 2.90. The minimum atomic E-state index is -0.834. The second-order valence-corrected chi connectivity index (χ2v) is 5.26. The van der Waals surface area contributed by atoms with Crippen LogP contribution in [-0.4, -0.2) is 37.2 Å². The van der Waals surface area contributed by atoms with Crippen LogP contribution in [0.4, 0.5) is 0 Å². The van der Waals surface area contributed by atoms with Crippen LogP contribution in [0, 0.1) is 0 Å². The summed E-state index contributed by atoms with van der Waals surface area (Å²) in [5.41, 5.74) is 0.377. The molecular weight excluding hydrogens is 312 g/mol. The van der Waals surface area contributed by atoms with Crippen molar-refractivity contribution >= 4 is 17.9 Å². The van der Waals surface area contributed by atoms with Gasteiger partial charge >= 0.3 is 17.9 Å². The Bertz CT molecular complexity index is 504. The van der Waals surface area contributed by atoms with Crippen molar-refractivity contribution in [2.24, 2.45) is 0 Å². The highest BCUT2D eigenvalue weighted by Crippen LogP contribution is 2.06. The number of carbonyl (C=O) groups is 3. The van der Waals surface area contributed by atoms with Crippen LogP contribution in [0.1, 0.15) is 49.9 Å². The lowest BCUT2D eigenvalue weighted by Gasteiger charge is -2.18. The molecule has 0 amide bonds. The Morgan fingerprint density at radius 3 is 1.83 bits per heavy atom. The monoisotopic (exact) mass is 336 g/mol. The normalized spacial score (nSPS) is 10.3. The summed E-state index contributed by atoms with van der Waals surface area (Å²) < 4.78 is 15.4. The van der Waals surface area contributed by atoms with Gasteiger partial charge in [0.15, 0.2) is 6.10 Å². The van der Waals surface area contributed by atoms with E-state index in [9.17, 15) is 14.4 Å². The van der Waals surface area contributed by atoms with Crippen molar-refractivity contribution in [1.29, 1.82) is 0 Å². The lowest BCUT2D eigenvalue weighted by Crippen LogP contribution is -2.30. The van der Waals surface area contributed by atoms with Gasteiger partial charge in [0.2, 0.25) is 0 Å². The van der Waals surface area contributed by atoms with Crippen molar-refractivity contribution in [3.05, 3.63) is 35.9 Å². The highest BCUT2D eigenvalue weighted by molar-refractivity contribution is 5.89. The average Bonchev–Trinajstić information content (AvgIpc) is 2.58. The molecule has 6 heteroatoms. The molecule has 0 saturated heterocycles. The Morgan fingerprint density at radius 2 is 1.38 bits per heavy atom. The average molecular weight is 336 g/mol. The second-order valence-electron chi connectivity index (χ2n) is 5.26. The number of ether oxygens (including phenoxy) is 3. The number of hydrogen-bond acceptors (Lipinski definition) is 6. The van der Waals surface area contributed by atoms with E-state index in [0.29, 0.717) is 18.4 Å². The van der Waals surface area contributed by atoms with Gasteiger partial charge in [-0.25, -0.2) is 4.79 Å². The lowest BCUT2D eigenvalue weighted by atomic mass is 10.2. The molecule has 0 fully saturated rings. The molecule has 6 nitrogen and oxygen atoms in total. The summed E-state index contributed by atoms with van der Waals surface area (Å²) in [5.74, 6) is -1.31. The maximum absolute atomic E-state index is 12.1. The van der Waals surface area contributed by atoms with Crippen molar-refractivity contribution in [3.8, 4) is 0 Å². The maximum atomic E-state index is 12.1. The molecule has 0 aliphatic carbocycles. The van der Waals surface area contributed by atoms with Crippen LogP contribution in [0.2, 0.25) is 0 Å². The van der Waals surface area contributed by atoms with Gasteiger partial charge in [-0.1, -0.05) is 32.0 Å². The lowest BCUT2D eigenvalue weighted by molar-refractivity contribution is -0.152. The largest absolute Gasteiger partial charge is 0.462 e. The van der Waals surface area contributed by atoms with Crippen LogP contribution in [-0.2, 0) is 23.8 Å². The first-order valence-corrected chi connectivity index (χ1v) is 8.14. The standard InChI is InChI=1S/C18H24O6/c1-3-8-16(19)22-12-15(13-23-17(20)9-4-2)24-18(21)14-10-6-5-7-11-14/h5-7,10-11,15H,3-4,8-9,12-13H2,1-2H3. The summed E-state index contributed by atoms with van der Waals surface area (Å²) >= 11 is 0. The van der Waals surface area contributed by atoms with Crippen LogP contribution >= 0.6 is 0 Å². The highest BCUT2D eigenvalue weighted by Gasteiger charge is 2.20. The van der Waals surface area contributed by atoms with Gasteiger partial charge in [0.05, 0.1) is 5.56 Å². The molecule has 0 N–H and O–H groups in total. The number of esters is 3. The molecule has 1 aromatic rings. The van der Waals surface area contributed by atoms with Crippen LogP contribution in [0.25, 0.3) is 0 Å². The molecule has 24 heavy (non-hydrogen) atoms. The molecule has 0 aromatic heterocycles. The third-order valence-corrected chi connectivity index (χ3v) is 3.05. The summed E-state index contributed by atoms with van der Waals surface area (Å²) in [7, 11) is 0. The number of hydrogen-bond donors (Lipinski definition) is 0. The van der Waals surface area contributed by atoms with Crippen LogP contribution in [0.5, 0.6) is 0 Å². The summed E-state index contributed by atoms with van der Waals surface area (Å²) in [5, 5.41) is 0. The molecule has 0 aliphatic rings. The van der Waals surface area contributed by atoms with E-state index in [2.05, 4.69) is 0 Å². The number of rotatable bonds is 10. The minimum absolute atomic E-state index is 0.142. The van der Waals surface area contributed by atoms with E-state index in [1.807, 2.05) is 13.8 Å². The predicted molar refractivity (Wildman–Crippen MR) is 87.4 cm³/mol. The van der Waals surface area contributed by atoms with Gasteiger partial charge in [0, 0.05) is 12.8 Å². The zero-order valence-corrected chi connectivity index (χ0v) is 14.2. The molecule has 0 radical (unpaired) electrons. The zero-order valence-electron chi connectivity index (χ0n) is 14.2. The molecule has 0 atom stereocenters. The van der Waals surface area contributed by atoms with E-state index in [1.165, 1.54) is 0 Å². The van der Waals surface area contributed by atoms with Gasteiger partial charge in [0.25, 0.3) is 0 Å². The van der Waals surface area contributed by atoms with Crippen LogP contribution < -0.4 is 0 Å². The van der Waals surface area contributed by atoms with Gasteiger partial charge in [0.1, 0.15) is 13.2 Å². The molecular formula is C18H24O6. The van der Waals surface area contributed by atoms with E-state index in [-0.39, 0.29) is 38.0 Å². The Kier molecular flexibility index (Phi) is 9.19. The van der Waals surface area contributed by atoms with E-state index in [0.717, 1.165) is 0 Å². The fraction of sp³-hybridized carbons (Fsp3) is 0.500. The number of carbonyl (C=O) groups excluding carboxylic acids is 3. The molecule has 0 spiro atoms. The van der Waals surface area contributed by atoms with Crippen molar-refractivity contribution in [2.45, 2.75) is 45.6 Å². The van der Waals surface area contributed by atoms with Gasteiger partial charge < -0.3 is 14.2 Å². The first kappa shape index (κ1) is 19.7. The van der Waals surface area contributed by atoms with E-state index in [4.69, 9.17) is 14.2 Å². The Morgan fingerprint density at radius 1 is 0.875 bits per heavy atom. The summed E-state index contributed by atoms with van der Waals surface area (Å²) in [4.78, 5) is 35.0. The summed E-state index contributed by atoms with van der Waals surface area (Å²) in [6.07, 6.45) is 1.07. The first-order valence-electron chi connectivity index (χ1n) is 8.14. The minimum Gasteiger partial charge on any atom is -0.462 e. The molecule has 132 valence electrons. The van der Waals surface area contributed by atoms with E-state index >= 15 is 0 Å². The third kappa shape index (κ3) is 7.76. The summed E-state index contributed by atoms with van der Waals surface area (Å²) in [6.45, 7) is 3.44. The first-order chi connectivity index (χ1) is 11.6. The third-order valence-electron chi connectivity index (χ3n) is 3.05. The van der Waals surface area contributed by atoms with Crippen molar-refractivity contribution in [2.75, 3.05) is 13.2 Å². The quantitative estimate of drug-likeness (QED) is 0.483. The SMILES string of the molecule is CCCC(=O)OCC(COC(=O)CCC)OC(=O)c1ccccc1. The highest BCUT2D eigenvalue weighted by atomic mass is 16.6. The van der Waals surface area contributed by atoms with E-state index in [1.54, 1.807) is 30.3 Å². The molecule has 0 unspecified atom stereocenters. The van der Waals surface area contributed by atoms with Crippen LogP contribution in [0.15, 0.2) is 30.3 Å². The Labute approximate surface area is 142 Å². The Balaban J connectivity index is 2.60. The molecule has 0 bridgehead atoms. The molecule has 0 saturated carbocycles. The van der Waals surface area contributed by atoms with Crippen LogP contribution in [0.3, 0.4) is 0 Å². The fourth-order valence-corrected chi connectivity index (χ4v) is 1.83. The van der Waals surface area contributed by atoms with Gasteiger partial charge in [-0.05, 0) is 25.0 Å². The van der Waals surface area contributed by atoms with Crippen molar-refractivity contribution in [1.82, 2.24) is 0 Å². The Hall–Kier alpha value is -2.37. The van der Waals surface area contributed by atoms with Gasteiger partial charge in [-0.2, -0.15) is 0 Å². The number of benzene rings is 1. The van der Waals surface area contributed by atoms with Crippen molar-refractivity contribution < 1.29 is 28.6 Å². The maximum Gasteiger partial charge on any atom is 0.338 e.